The van der Waals surface area contributed by atoms with E-state index in [2.05, 4.69) is 10.6 Å². The third-order valence-electron chi connectivity index (χ3n) is 2.99. The number of benzene rings is 1. The predicted octanol–water partition coefficient (Wildman–Crippen LogP) is 3.52. The second-order valence-electron chi connectivity index (χ2n) is 4.36. The van der Waals surface area contributed by atoms with Crippen LogP contribution in [-0.2, 0) is 6.18 Å². The van der Waals surface area contributed by atoms with Gasteiger partial charge in [0.05, 0.1) is 16.3 Å². The molecule has 2 nitrogen and oxygen atoms in total. The largest absolute Gasteiger partial charge is 0.416 e. The smallest absolute Gasteiger partial charge is 0.381 e. The SMILES string of the molecule is FC(F)(F)c1ccc(Cl)c(NC2CCNCC2)c1. The first kappa shape index (κ1) is 13.5. The molecule has 2 rings (SSSR count). The molecule has 1 saturated heterocycles. The molecule has 0 saturated carbocycles. The Hall–Kier alpha value is -0.940. The molecule has 0 unspecified atom stereocenters. The second kappa shape index (κ2) is 5.36. The highest BCUT2D eigenvalue weighted by Crippen LogP contribution is 2.34. The standard InChI is InChI=1S/C12H14ClF3N2/c13-10-2-1-8(12(14,15)16)7-11(10)18-9-3-5-17-6-4-9/h1-2,7,9,17-18H,3-6H2. The predicted molar refractivity (Wildman–Crippen MR) is 66.0 cm³/mol. The highest BCUT2D eigenvalue weighted by Gasteiger charge is 2.31. The van der Waals surface area contributed by atoms with E-state index in [0.717, 1.165) is 38.1 Å². The van der Waals surface area contributed by atoms with Crippen LogP contribution in [0.1, 0.15) is 18.4 Å². The summed E-state index contributed by atoms with van der Waals surface area (Å²) in [5.41, 5.74) is -0.318. The van der Waals surface area contributed by atoms with Crippen molar-refractivity contribution >= 4 is 17.3 Å². The maximum atomic E-state index is 12.6. The summed E-state index contributed by atoms with van der Waals surface area (Å²) in [6.45, 7) is 1.74. The lowest BCUT2D eigenvalue weighted by molar-refractivity contribution is -0.137. The quantitative estimate of drug-likeness (QED) is 0.865. The van der Waals surface area contributed by atoms with Crippen LogP contribution in [-0.4, -0.2) is 19.1 Å². The zero-order valence-electron chi connectivity index (χ0n) is 9.65. The zero-order chi connectivity index (χ0) is 13.2. The van der Waals surface area contributed by atoms with Gasteiger partial charge in [-0.2, -0.15) is 13.2 Å². The van der Waals surface area contributed by atoms with Crippen molar-refractivity contribution < 1.29 is 13.2 Å². The third-order valence-corrected chi connectivity index (χ3v) is 3.32. The molecule has 0 atom stereocenters. The van der Waals surface area contributed by atoms with Crippen LogP contribution in [0.25, 0.3) is 0 Å². The highest BCUT2D eigenvalue weighted by atomic mass is 35.5. The number of anilines is 1. The summed E-state index contributed by atoms with van der Waals surface area (Å²) in [6.07, 6.45) is -2.58. The lowest BCUT2D eigenvalue weighted by Crippen LogP contribution is -2.35. The third kappa shape index (κ3) is 3.29. The van der Waals surface area contributed by atoms with E-state index in [0.29, 0.717) is 10.7 Å². The Morgan fingerprint density at radius 3 is 2.50 bits per heavy atom. The molecule has 0 aromatic heterocycles. The minimum absolute atomic E-state index is 0.173. The van der Waals surface area contributed by atoms with Crippen molar-refractivity contribution in [1.82, 2.24) is 5.32 Å². The lowest BCUT2D eigenvalue weighted by Gasteiger charge is -2.25. The van der Waals surface area contributed by atoms with Gasteiger partial charge in [0.25, 0.3) is 0 Å². The molecule has 2 N–H and O–H groups in total. The molecule has 1 heterocycles. The number of alkyl halides is 3. The van der Waals surface area contributed by atoms with Crippen molar-refractivity contribution in [3.05, 3.63) is 28.8 Å². The van der Waals surface area contributed by atoms with E-state index < -0.39 is 11.7 Å². The maximum Gasteiger partial charge on any atom is 0.416 e. The summed E-state index contributed by atoms with van der Waals surface area (Å²) in [6, 6.07) is 3.53. The molecule has 6 heteroatoms. The lowest BCUT2D eigenvalue weighted by atomic mass is 10.1. The van der Waals surface area contributed by atoms with Crippen LogP contribution >= 0.6 is 11.6 Å². The van der Waals surface area contributed by atoms with Crippen molar-refractivity contribution in [1.29, 1.82) is 0 Å². The van der Waals surface area contributed by atoms with Crippen LogP contribution in [0, 0.1) is 0 Å². The van der Waals surface area contributed by atoms with Gasteiger partial charge >= 0.3 is 6.18 Å². The van der Waals surface area contributed by atoms with Crippen LogP contribution in [0.3, 0.4) is 0 Å². The van der Waals surface area contributed by atoms with Gasteiger partial charge in [-0.1, -0.05) is 11.6 Å². The van der Waals surface area contributed by atoms with Gasteiger partial charge in [0.15, 0.2) is 0 Å². The van der Waals surface area contributed by atoms with E-state index in [-0.39, 0.29) is 6.04 Å². The van der Waals surface area contributed by atoms with Gasteiger partial charge in [-0.05, 0) is 44.1 Å². The van der Waals surface area contributed by atoms with Gasteiger partial charge in [-0.15, -0.1) is 0 Å². The van der Waals surface area contributed by atoms with Crippen molar-refractivity contribution in [2.45, 2.75) is 25.1 Å². The Bertz CT molecular complexity index is 414. The monoisotopic (exact) mass is 278 g/mol. The van der Waals surface area contributed by atoms with Gasteiger partial charge in [-0.3, -0.25) is 0 Å². The molecule has 18 heavy (non-hydrogen) atoms. The molecule has 1 aromatic carbocycles. The number of halogens is 4. The van der Waals surface area contributed by atoms with E-state index in [1.54, 1.807) is 0 Å². The van der Waals surface area contributed by atoms with Crippen LogP contribution in [0.2, 0.25) is 5.02 Å². The Morgan fingerprint density at radius 1 is 1.22 bits per heavy atom. The molecule has 0 spiro atoms. The number of piperidine rings is 1. The summed E-state index contributed by atoms with van der Waals surface area (Å²) in [5.74, 6) is 0. The normalized spacial score (nSPS) is 17.8. The molecular weight excluding hydrogens is 265 g/mol. The first-order chi connectivity index (χ1) is 8.47. The van der Waals surface area contributed by atoms with E-state index in [1.165, 1.54) is 6.07 Å². The molecule has 0 aliphatic carbocycles. The summed E-state index contributed by atoms with van der Waals surface area (Å²) >= 11 is 5.92. The van der Waals surface area contributed by atoms with Crippen molar-refractivity contribution in [2.75, 3.05) is 18.4 Å². The van der Waals surface area contributed by atoms with Crippen LogP contribution in [0.4, 0.5) is 18.9 Å². The van der Waals surface area contributed by atoms with Crippen molar-refractivity contribution in [2.24, 2.45) is 0 Å². The average molecular weight is 279 g/mol. The van der Waals surface area contributed by atoms with Crippen LogP contribution in [0.15, 0.2) is 18.2 Å². The summed E-state index contributed by atoms with van der Waals surface area (Å²) in [4.78, 5) is 0. The van der Waals surface area contributed by atoms with Crippen LogP contribution < -0.4 is 10.6 Å². The molecule has 0 radical (unpaired) electrons. The molecule has 1 aliphatic rings. The van der Waals surface area contributed by atoms with Crippen molar-refractivity contribution in [3.63, 3.8) is 0 Å². The van der Waals surface area contributed by atoms with Crippen molar-refractivity contribution in [3.8, 4) is 0 Å². The Labute approximate surface area is 109 Å². The molecule has 1 aliphatic heterocycles. The number of nitrogens with one attached hydrogen (secondary N) is 2. The summed E-state index contributed by atoms with van der Waals surface area (Å²) < 4.78 is 37.8. The fourth-order valence-electron chi connectivity index (χ4n) is 2.00. The van der Waals surface area contributed by atoms with E-state index in [1.807, 2.05) is 0 Å². The molecule has 0 bridgehead atoms. The Kier molecular flexibility index (Phi) is 4.02. The summed E-state index contributed by atoms with van der Waals surface area (Å²) in [7, 11) is 0. The molecule has 0 amide bonds. The van der Waals surface area contributed by atoms with E-state index in [9.17, 15) is 13.2 Å². The highest BCUT2D eigenvalue weighted by molar-refractivity contribution is 6.33. The van der Waals surface area contributed by atoms with Gasteiger partial charge in [-0.25, -0.2) is 0 Å². The number of hydrogen-bond donors (Lipinski definition) is 2. The minimum Gasteiger partial charge on any atom is -0.381 e. The maximum absolute atomic E-state index is 12.6. The fourth-order valence-corrected chi connectivity index (χ4v) is 2.17. The minimum atomic E-state index is -4.34. The molecule has 100 valence electrons. The Morgan fingerprint density at radius 2 is 1.89 bits per heavy atom. The topological polar surface area (TPSA) is 24.1 Å². The fraction of sp³-hybridized carbons (Fsp3) is 0.500. The second-order valence-corrected chi connectivity index (χ2v) is 4.77. The summed E-state index contributed by atoms with van der Waals surface area (Å²) in [5, 5.41) is 6.61. The van der Waals surface area contributed by atoms with Gasteiger partial charge in [0.1, 0.15) is 0 Å². The molecule has 1 fully saturated rings. The van der Waals surface area contributed by atoms with Gasteiger partial charge in [0.2, 0.25) is 0 Å². The zero-order valence-corrected chi connectivity index (χ0v) is 10.4. The average Bonchev–Trinajstić information content (AvgIpc) is 2.32. The molecule has 1 aromatic rings. The van der Waals surface area contributed by atoms with E-state index in [4.69, 9.17) is 11.6 Å². The number of hydrogen-bond acceptors (Lipinski definition) is 2. The first-order valence-electron chi connectivity index (χ1n) is 5.81. The van der Waals surface area contributed by atoms with Gasteiger partial charge in [0, 0.05) is 6.04 Å². The van der Waals surface area contributed by atoms with Crippen LogP contribution in [0.5, 0.6) is 0 Å². The first-order valence-corrected chi connectivity index (χ1v) is 6.18. The molecular formula is C12H14ClF3N2. The van der Waals surface area contributed by atoms with E-state index >= 15 is 0 Å². The number of rotatable bonds is 2. The van der Waals surface area contributed by atoms with Gasteiger partial charge < -0.3 is 10.6 Å². The Balaban J connectivity index is 2.15.